The third kappa shape index (κ3) is 14.6. The Labute approximate surface area is 379 Å². The number of halogens is 7. The van der Waals surface area contributed by atoms with Crippen molar-refractivity contribution in [2.45, 2.75) is 95.3 Å². The summed E-state index contributed by atoms with van der Waals surface area (Å²) in [4.78, 5) is 50.4. The van der Waals surface area contributed by atoms with E-state index < -0.39 is 101 Å². The third-order valence-electron chi connectivity index (χ3n) is 10.2. The second-order valence-electron chi connectivity index (χ2n) is 15.5. The van der Waals surface area contributed by atoms with E-state index in [1.807, 2.05) is 0 Å². The molecule has 6 unspecified atom stereocenters. The molecule has 2 aromatic carbocycles. The van der Waals surface area contributed by atoms with Crippen molar-refractivity contribution in [3.8, 4) is 23.0 Å². The Kier molecular flexibility index (Phi) is 19.3. The molecule has 0 bridgehead atoms. The number of cyclic esters (lactones) is 2. The zero-order valence-electron chi connectivity index (χ0n) is 37.1. The van der Waals surface area contributed by atoms with Crippen LogP contribution >= 0.6 is 0 Å². The van der Waals surface area contributed by atoms with Crippen molar-refractivity contribution in [2.75, 3.05) is 28.1 Å². The average Bonchev–Trinajstić information content (AvgIpc) is 3.54. The van der Waals surface area contributed by atoms with Crippen LogP contribution in [0.2, 0.25) is 0 Å². The minimum absolute atomic E-state index is 0. The van der Waals surface area contributed by atoms with Crippen LogP contribution in [0.5, 0.6) is 23.0 Å². The lowest BCUT2D eigenvalue weighted by molar-refractivity contribution is -0.183. The molecule has 1 saturated heterocycles. The lowest BCUT2D eigenvalue weighted by Gasteiger charge is -2.25. The van der Waals surface area contributed by atoms with E-state index in [1.165, 1.54) is 51.7 Å². The van der Waals surface area contributed by atoms with Crippen LogP contribution in [0, 0.1) is 11.8 Å². The normalized spacial score (nSPS) is 27.8. The van der Waals surface area contributed by atoms with Gasteiger partial charge in [-0.25, -0.2) is 9.59 Å². The average molecular weight is 965 g/mol. The van der Waals surface area contributed by atoms with E-state index >= 15 is 0 Å². The highest BCUT2D eigenvalue weighted by Gasteiger charge is 2.47. The van der Waals surface area contributed by atoms with Gasteiger partial charge in [-0.2, -0.15) is 26.3 Å². The molecule has 22 heteroatoms. The first-order chi connectivity index (χ1) is 30.8. The number of methoxy groups -OCH3 is 3. The molecule has 15 nitrogen and oxygen atoms in total. The van der Waals surface area contributed by atoms with Crippen LogP contribution in [0.25, 0.3) is 12.2 Å². The van der Waals surface area contributed by atoms with Crippen molar-refractivity contribution < 1.29 is 103 Å². The summed E-state index contributed by atoms with van der Waals surface area (Å²) in [6, 6.07) is 5.36. The van der Waals surface area contributed by atoms with Gasteiger partial charge in [0.25, 0.3) is 0 Å². The first-order valence-electron chi connectivity index (χ1n) is 20.1. The fraction of sp³-hybridized carbons (Fsp3) is 0.467. The highest BCUT2D eigenvalue weighted by molar-refractivity contribution is 5.98. The molecule has 67 heavy (non-hydrogen) atoms. The Balaban J connectivity index is 0.000000356. The summed E-state index contributed by atoms with van der Waals surface area (Å²) in [5, 5.41) is 30.0. The van der Waals surface area contributed by atoms with Crippen molar-refractivity contribution in [2.24, 2.45) is 11.8 Å². The fourth-order valence-electron chi connectivity index (χ4n) is 6.90. The maximum Gasteiger partial charge on any atom is 0.398 e. The van der Waals surface area contributed by atoms with E-state index in [9.17, 15) is 60.8 Å². The highest BCUT2D eigenvalue weighted by Crippen LogP contribution is 2.38. The van der Waals surface area contributed by atoms with Gasteiger partial charge in [0.05, 0.1) is 26.4 Å². The van der Waals surface area contributed by atoms with Crippen molar-refractivity contribution in [1.29, 1.82) is 0 Å². The van der Waals surface area contributed by atoms with Crippen LogP contribution in [-0.4, -0.2) is 122 Å². The van der Waals surface area contributed by atoms with Gasteiger partial charge < -0.3 is 53.2 Å². The van der Waals surface area contributed by atoms with Crippen molar-refractivity contribution in [3.63, 3.8) is 0 Å². The molecule has 0 aromatic heterocycles. The minimum Gasteiger partial charge on any atom is -0.507 e. The van der Waals surface area contributed by atoms with Gasteiger partial charge in [-0.15, -0.1) is 0 Å². The molecule has 3 heterocycles. The molecule has 0 spiro atoms. The number of fused-ring (bicyclic) bond motifs is 3. The van der Waals surface area contributed by atoms with E-state index in [0.717, 1.165) is 26.0 Å². The predicted octanol–water partition coefficient (Wildman–Crippen LogP) is 7.01. The molecular formula is C45H51F7O15. The van der Waals surface area contributed by atoms with Crippen LogP contribution in [0.4, 0.5) is 31.0 Å². The molecule has 0 amide bonds. The second kappa shape index (κ2) is 23.3. The first kappa shape index (κ1) is 55.5. The summed E-state index contributed by atoms with van der Waals surface area (Å²) in [5.41, 5.74) is -0.176. The number of esters is 2. The Bertz CT molecular complexity index is 2200. The Hall–Kier alpha value is -5.81. The van der Waals surface area contributed by atoms with E-state index in [4.69, 9.17) is 37.9 Å². The number of carbonyl (C=O) groups is 4. The number of benzene rings is 2. The maximum atomic E-state index is 13.9. The second-order valence-corrected chi connectivity index (χ2v) is 15.5. The van der Waals surface area contributed by atoms with Crippen molar-refractivity contribution in [3.05, 3.63) is 83.0 Å². The Morgan fingerprint density at radius 2 is 1.19 bits per heavy atom. The summed E-state index contributed by atoms with van der Waals surface area (Å²) in [6.45, 7) is 5.08. The van der Waals surface area contributed by atoms with Crippen molar-refractivity contribution in [1.82, 2.24) is 0 Å². The number of hydrogen-bond donors (Lipinski definition) is 3. The standard InChI is InChI=1S/C25H29F3O8.C20H21F3O7.FH/c1-14-17(25(26,27)28)9-10-18(29)22-19(35-24(2,3)36-22)8-6-7-15-11-16(32-5)12-20(33-13-31-4)21(15)23(30)34-14;1-10-13(20(21,22)23)6-7-15(25)18(27)14(24)5-3-4-11-8-12(29-2)9-16(26)17(11)19(28)30-10;/h6-7,9-12,14,17,19,22H,8,13H2,1-5H3;3-4,6-10,13-14,18,24,26-27H,5H2,1-2H3;1H/b7-6+,10-9-;4-3+,7-6-;/t14?,17?,19-,22?;10?,13?,14-,18?;/m00./s1. The van der Waals surface area contributed by atoms with Crippen LogP contribution in [-0.2, 0) is 33.3 Å². The molecular weight excluding hydrogens is 913 g/mol. The number of ketones is 2. The number of carbonyl (C=O) groups excluding carboxylic acids is 4. The molecule has 5 rings (SSSR count). The summed E-state index contributed by atoms with van der Waals surface area (Å²) >= 11 is 0. The number of ether oxygens (including phenoxy) is 8. The topological polar surface area (TPSA) is 203 Å². The zero-order chi connectivity index (χ0) is 49.3. The van der Waals surface area contributed by atoms with Crippen LogP contribution in [0.1, 0.15) is 72.4 Å². The number of aliphatic hydroxyl groups is 2. The number of alkyl halides is 6. The monoisotopic (exact) mass is 964 g/mol. The fourth-order valence-corrected chi connectivity index (χ4v) is 6.90. The number of aromatic hydroxyl groups is 1. The number of rotatable bonds is 5. The molecule has 0 aliphatic carbocycles. The lowest BCUT2D eigenvalue weighted by Crippen LogP contribution is -2.36. The SMILES string of the molecule is COCOc1cc(OC)cc2c1C(=O)OC(C)C(C(F)(F)F)/C=C\C(=O)C1OC(C)(C)O[C@H]1C/C=C/2.COc1cc(O)c2c(c1)/C=C/C[C@H](O)C(O)C(=O)/C=C\C(C(F)(F)F)C(C)OC2=O.F. The van der Waals surface area contributed by atoms with E-state index in [0.29, 0.717) is 24.0 Å². The highest BCUT2D eigenvalue weighted by atomic mass is 19.4. The summed E-state index contributed by atoms with van der Waals surface area (Å²) in [6.07, 6.45) is -10.3. The van der Waals surface area contributed by atoms with Crippen molar-refractivity contribution >= 4 is 35.7 Å². The zero-order valence-corrected chi connectivity index (χ0v) is 37.1. The lowest BCUT2D eigenvalue weighted by atomic mass is 9.98. The Morgan fingerprint density at radius 3 is 1.72 bits per heavy atom. The molecule has 2 aromatic rings. The number of phenolic OH excluding ortho intramolecular Hbond substituents is 1. The van der Waals surface area contributed by atoms with Crippen LogP contribution in [0.3, 0.4) is 0 Å². The van der Waals surface area contributed by atoms with Gasteiger partial charge in [-0.1, -0.05) is 36.5 Å². The molecule has 0 saturated carbocycles. The van der Waals surface area contributed by atoms with Crippen LogP contribution < -0.4 is 14.2 Å². The summed E-state index contributed by atoms with van der Waals surface area (Å²) < 4.78 is 124. The largest absolute Gasteiger partial charge is 0.507 e. The van der Waals surface area contributed by atoms with Gasteiger partial charge in [0, 0.05) is 19.2 Å². The van der Waals surface area contributed by atoms with Gasteiger partial charge in [0.2, 0.25) is 0 Å². The summed E-state index contributed by atoms with van der Waals surface area (Å²) in [5.74, 6) is -9.86. The number of phenols is 1. The summed E-state index contributed by atoms with van der Waals surface area (Å²) in [7, 11) is 4.10. The Morgan fingerprint density at radius 1 is 0.701 bits per heavy atom. The van der Waals surface area contributed by atoms with Gasteiger partial charge in [0.15, 0.2) is 24.1 Å². The maximum absolute atomic E-state index is 13.9. The molecule has 370 valence electrons. The first-order valence-corrected chi connectivity index (χ1v) is 20.1. The smallest absolute Gasteiger partial charge is 0.398 e. The molecule has 3 aliphatic rings. The van der Waals surface area contributed by atoms with Gasteiger partial charge >= 0.3 is 24.3 Å². The van der Waals surface area contributed by atoms with E-state index in [2.05, 4.69) is 0 Å². The van der Waals surface area contributed by atoms with Gasteiger partial charge in [-0.3, -0.25) is 14.3 Å². The van der Waals surface area contributed by atoms with E-state index in [1.54, 1.807) is 26.0 Å². The number of aliphatic hydroxyl groups excluding tert-OH is 2. The molecule has 3 N–H and O–H groups in total. The molecule has 8 atom stereocenters. The van der Waals surface area contributed by atoms with Gasteiger partial charge in [0.1, 0.15) is 70.4 Å². The number of hydrogen-bond acceptors (Lipinski definition) is 15. The predicted molar refractivity (Wildman–Crippen MR) is 223 cm³/mol. The third-order valence-corrected chi connectivity index (χ3v) is 10.2. The molecule has 0 radical (unpaired) electrons. The van der Waals surface area contributed by atoms with Gasteiger partial charge in [-0.05, 0) is 75.9 Å². The van der Waals surface area contributed by atoms with E-state index in [-0.39, 0.29) is 52.5 Å². The molecule has 1 fully saturated rings. The van der Waals surface area contributed by atoms with Crippen LogP contribution in [0.15, 0.2) is 60.7 Å². The quantitative estimate of drug-likeness (QED) is 0.157. The molecule has 3 aliphatic heterocycles. The minimum atomic E-state index is -4.87.